The lowest BCUT2D eigenvalue weighted by atomic mass is 9.86. The first-order valence-corrected chi connectivity index (χ1v) is 12.5. The zero-order valence-corrected chi connectivity index (χ0v) is 19.6. The Kier molecular flexibility index (Phi) is 7.76. The molecule has 2 N–H and O–H groups in total. The second kappa shape index (κ2) is 10.9. The highest BCUT2D eigenvalue weighted by Crippen LogP contribution is 2.28. The Balaban J connectivity index is 1.19. The van der Waals surface area contributed by atoms with Crippen molar-refractivity contribution in [1.82, 2.24) is 15.3 Å². The molecule has 0 aliphatic heterocycles. The minimum absolute atomic E-state index is 0.471. The maximum Gasteiger partial charge on any atom is 0.225 e. The van der Waals surface area contributed by atoms with Crippen LogP contribution in [0.15, 0.2) is 41.8 Å². The van der Waals surface area contributed by atoms with Crippen LogP contribution in [0.3, 0.4) is 0 Å². The van der Waals surface area contributed by atoms with Gasteiger partial charge in [0.2, 0.25) is 5.95 Å². The summed E-state index contributed by atoms with van der Waals surface area (Å²) >= 11 is 1.87. The van der Waals surface area contributed by atoms with Crippen LogP contribution in [0.1, 0.15) is 43.4 Å². The van der Waals surface area contributed by atoms with Gasteiger partial charge in [-0.3, -0.25) is 0 Å². The number of para-hydroxylation sites is 1. The minimum Gasteiger partial charge on any atom is -0.362 e. The van der Waals surface area contributed by atoms with E-state index in [1.165, 1.54) is 49.8 Å². The normalized spacial score (nSPS) is 18.9. The van der Waals surface area contributed by atoms with Crippen LogP contribution in [0, 0.1) is 5.92 Å². The third-order valence-electron chi connectivity index (χ3n) is 6.23. The predicted octanol–water partition coefficient (Wildman–Crippen LogP) is 5.34. The van der Waals surface area contributed by atoms with Crippen LogP contribution in [0.5, 0.6) is 0 Å². The molecule has 5 nitrogen and oxygen atoms in total. The van der Waals surface area contributed by atoms with Gasteiger partial charge in [-0.25, -0.2) is 4.98 Å². The average molecular weight is 438 g/mol. The predicted molar refractivity (Wildman–Crippen MR) is 133 cm³/mol. The molecular weight excluding hydrogens is 402 g/mol. The van der Waals surface area contributed by atoms with Crippen molar-refractivity contribution in [1.29, 1.82) is 0 Å². The molecule has 1 saturated carbocycles. The molecule has 166 valence electrons. The van der Waals surface area contributed by atoms with Crippen molar-refractivity contribution in [3.63, 3.8) is 0 Å². The lowest BCUT2D eigenvalue weighted by Gasteiger charge is -2.29. The number of aromatic nitrogens is 2. The van der Waals surface area contributed by atoms with E-state index in [1.807, 2.05) is 37.6 Å². The summed E-state index contributed by atoms with van der Waals surface area (Å²) < 4.78 is 0. The van der Waals surface area contributed by atoms with Gasteiger partial charge in [0.1, 0.15) is 5.82 Å². The van der Waals surface area contributed by atoms with E-state index in [2.05, 4.69) is 45.2 Å². The molecule has 1 aliphatic carbocycles. The van der Waals surface area contributed by atoms with E-state index in [-0.39, 0.29) is 0 Å². The molecule has 1 aromatic carbocycles. The third kappa shape index (κ3) is 6.17. The standard InChI is InChI=1S/C25H35N5S/c1-30(2)24-22-10-3-4-11-23(22)28-25(29-24)27-20-14-12-19(13-15-20)18-26-16-6-5-8-21-9-7-17-31-21/h3-4,7,9-11,17,19-20,26H,5-6,8,12-16,18H2,1-2H3,(H,27,28,29). The lowest BCUT2D eigenvalue weighted by Crippen LogP contribution is -2.32. The summed E-state index contributed by atoms with van der Waals surface area (Å²) in [5.74, 6) is 2.53. The van der Waals surface area contributed by atoms with Gasteiger partial charge in [0.25, 0.3) is 0 Å². The first-order chi connectivity index (χ1) is 15.2. The Morgan fingerprint density at radius 2 is 1.84 bits per heavy atom. The average Bonchev–Trinajstić information content (AvgIpc) is 3.30. The largest absolute Gasteiger partial charge is 0.362 e. The first-order valence-electron chi connectivity index (χ1n) is 11.6. The highest BCUT2D eigenvalue weighted by atomic mass is 32.1. The van der Waals surface area contributed by atoms with Crippen LogP contribution in [0.25, 0.3) is 10.9 Å². The first kappa shape index (κ1) is 22.0. The molecular formula is C25H35N5S. The molecule has 0 atom stereocenters. The van der Waals surface area contributed by atoms with Crippen LogP contribution in [-0.2, 0) is 6.42 Å². The van der Waals surface area contributed by atoms with Crippen LogP contribution < -0.4 is 15.5 Å². The highest BCUT2D eigenvalue weighted by Gasteiger charge is 2.22. The molecule has 2 heterocycles. The molecule has 0 unspecified atom stereocenters. The fourth-order valence-electron chi connectivity index (χ4n) is 4.47. The maximum atomic E-state index is 4.80. The van der Waals surface area contributed by atoms with E-state index in [1.54, 1.807) is 0 Å². The number of fused-ring (bicyclic) bond motifs is 1. The van der Waals surface area contributed by atoms with Crippen LogP contribution in [0.2, 0.25) is 0 Å². The molecule has 0 amide bonds. The molecule has 1 fully saturated rings. The maximum absolute atomic E-state index is 4.80. The fourth-order valence-corrected chi connectivity index (χ4v) is 5.22. The van der Waals surface area contributed by atoms with Crippen molar-refractivity contribution in [2.45, 2.75) is 51.0 Å². The molecule has 2 aromatic heterocycles. The lowest BCUT2D eigenvalue weighted by molar-refractivity contribution is 0.323. The van der Waals surface area contributed by atoms with Gasteiger partial charge in [0, 0.05) is 30.4 Å². The van der Waals surface area contributed by atoms with Crippen molar-refractivity contribution in [3.8, 4) is 0 Å². The molecule has 1 aliphatic rings. The summed E-state index contributed by atoms with van der Waals surface area (Å²) in [5, 5.41) is 10.6. The van der Waals surface area contributed by atoms with E-state index in [0.717, 1.165) is 41.7 Å². The third-order valence-corrected chi connectivity index (χ3v) is 7.16. The van der Waals surface area contributed by atoms with E-state index >= 15 is 0 Å². The van der Waals surface area contributed by atoms with Gasteiger partial charge in [-0.2, -0.15) is 4.98 Å². The van der Waals surface area contributed by atoms with Crippen molar-refractivity contribution < 1.29 is 0 Å². The summed E-state index contributed by atoms with van der Waals surface area (Å²) in [6.07, 6.45) is 8.70. The fraction of sp³-hybridized carbons (Fsp3) is 0.520. The Bertz CT molecular complexity index is 932. The zero-order valence-electron chi connectivity index (χ0n) is 18.8. The number of anilines is 2. The van der Waals surface area contributed by atoms with E-state index < -0.39 is 0 Å². The Labute approximate surface area is 190 Å². The summed E-state index contributed by atoms with van der Waals surface area (Å²) in [6, 6.07) is 13.1. The number of rotatable bonds is 10. The summed E-state index contributed by atoms with van der Waals surface area (Å²) in [4.78, 5) is 13.2. The number of unbranched alkanes of at least 4 members (excludes halogenated alkanes) is 1. The topological polar surface area (TPSA) is 53.1 Å². The quantitative estimate of drug-likeness (QED) is 0.419. The summed E-state index contributed by atoms with van der Waals surface area (Å²) in [7, 11) is 4.08. The van der Waals surface area contributed by atoms with Crippen molar-refractivity contribution >= 4 is 34.0 Å². The van der Waals surface area contributed by atoms with E-state index in [9.17, 15) is 0 Å². The Morgan fingerprint density at radius 1 is 1.00 bits per heavy atom. The summed E-state index contributed by atoms with van der Waals surface area (Å²) in [6.45, 7) is 2.30. The highest BCUT2D eigenvalue weighted by molar-refractivity contribution is 7.09. The van der Waals surface area contributed by atoms with Crippen molar-refractivity contribution in [2.24, 2.45) is 5.92 Å². The van der Waals surface area contributed by atoms with Gasteiger partial charge in [-0.05, 0) is 87.5 Å². The van der Waals surface area contributed by atoms with Gasteiger partial charge < -0.3 is 15.5 Å². The van der Waals surface area contributed by atoms with Crippen LogP contribution in [0.4, 0.5) is 11.8 Å². The van der Waals surface area contributed by atoms with E-state index in [0.29, 0.717) is 6.04 Å². The van der Waals surface area contributed by atoms with Crippen LogP contribution in [-0.4, -0.2) is 43.2 Å². The number of benzene rings is 1. The Morgan fingerprint density at radius 3 is 2.61 bits per heavy atom. The molecule has 6 heteroatoms. The van der Waals surface area contributed by atoms with Crippen LogP contribution >= 0.6 is 11.3 Å². The second-order valence-corrected chi connectivity index (χ2v) is 9.92. The Hall–Kier alpha value is -2.18. The van der Waals surface area contributed by atoms with Crippen molar-refractivity contribution in [3.05, 3.63) is 46.7 Å². The van der Waals surface area contributed by atoms with Crippen molar-refractivity contribution in [2.75, 3.05) is 37.4 Å². The smallest absolute Gasteiger partial charge is 0.225 e. The number of aryl methyl sites for hydroxylation is 1. The van der Waals surface area contributed by atoms with Gasteiger partial charge in [-0.15, -0.1) is 11.3 Å². The van der Waals surface area contributed by atoms with E-state index in [4.69, 9.17) is 9.97 Å². The van der Waals surface area contributed by atoms with Gasteiger partial charge in [-0.1, -0.05) is 18.2 Å². The molecule has 0 spiro atoms. The second-order valence-electron chi connectivity index (χ2n) is 8.88. The molecule has 3 aromatic rings. The minimum atomic E-state index is 0.471. The molecule has 0 bridgehead atoms. The van der Waals surface area contributed by atoms with Gasteiger partial charge in [0.05, 0.1) is 5.52 Å². The molecule has 31 heavy (non-hydrogen) atoms. The number of hydrogen-bond acceptors (Lipinski definition) is 6. The molecule has 0 saturated heterocycles. The number of nitrogens with one attached hydrogen (secondary N) is 2. The monoisotopic (exact) mass is 437 g/mol. The number of thiophene rings is 1. The number of nitrogens with zero attached hydrogens (tertiary/aromatic N) is 3. The molecule has 0 radical (unpaired) electrons. The van der Waals surface area contributed by atoms with Gasteiger partial charge in [0.15, 0.2) is 0 Å². The SMILES string of the molecule is CN(C)c1nc(NC2CCC(CNCCCCc3cccs3)CC2)nc2ccccc12. The zero-order chi connectivity index (χ0) is 21.5. The van der Waals surface area contributed by atoms with Gasteiger partial charge >= 0.3 is 0 Å². The number of hydrogen-bond donors (Lipinski definition) is 2. The molecule has 4 rings (SSSR count). The summed E-state index contributed by atoms with van der Waals surface area (Å²) in [5.41, 5.74) is 1.00.